The second-order valence-electron chi connectivity index (χ2n) is 7.08. The molecule has 0 radical (unpaired) electrons. The van der Waals surface area contributed by atoms with Gasteiger partial charge in [0.2, 0.25) is 5.95 Å². The zero-order valence-corrected chi connectivity index (χ0v) is 13.8. The lowest BCUT2D eigenvalue weighted by atomic mass is 9.88. The van der Waals surface area contributed by atoms with Crippen LogP contribution in [0.15, 0.2) is 31.0 Å². The van der Waals surface area contributed by atoms with E-state index >= 15 is 0 Å². The van der Waals surface area contributed by atoms with Gasteiger partial charge in [0.15, 0.2) is 0 Å². The second kappa shape index (κ2) is 5.27. The van der Waals surface area contributed by atoms with Crippen LogP contribution in [0.4, 0.5) is 5.95 Å². The first-order valence-corrected chi connectivity index (χ1v) is 7.96. The van der Waals surface area contributed by atoms with Gasteiger partial charge in [0.25, 0.3) is 5.91 Å². The minimum Gasteiger partial charge on any atom is -0.362 e. The number of anilines is 1. The van der Waals surface area contributed by atoms with Crippen molar-refractivity contribution in [2.45, 2.75) is 25.0 Å². The summed E-state index contributed by atoms with van der Waals surface area (Å²) in [7, 11) is 0. The molecule has 126 valence electrons. The number of nitrogens with zero attached hydrogens (tertiary/aromatic N) is 5. The van der Waals surface area contributed by atoms with Gasteiger partial charge < -0.3 is 19.5 Å². The topological polar surface area (TPSA) is 87.2 Å². The number of rotatable bonds is 2. The van der Waals surface area contributed by atoms with Gasteiger partial charge in [-0.1, -0.05) is 0 Å². The van der Waals surface area contributed by atoms with Crippen molar-refractivity contribution >= 4 is 11.9 Å². The monoisotopic (exact) mass is 328 g/mol. The van der Waals surface area contributed by atoms with Gasteiger partial charge in [-0.2, -0.15) is 0 Å². The molecule has 0 atom stereocenters. The lowest BCUT2D eigenvalue weighted by Gasteiger charge is -2.57. The highest BCUT2D eigenvalue weighted by molar-refractivity contribution is 5.92. The van der Waals surface area contributed by atoms with E-state index in [0.717, 1.165) is 0 Å². The Morgan fingerprint density at radius 3 is 2.62 bits per heavy atom. The molecule has 2 aliphatic heterocycles. The number of aromatic nitrogens is 4. The summed E-state index contributed by atoms with van der Waals surface area (Å²) in [6.07, 6.45) is 6.54. The molecular formula is C16H20N6O2. The Hall–Kier alpha value is -2.48. The molecule has 0 aromatic carbocycles. The van der Waals surface area contributed by atoms with E-state index in [1.165, 1.54) is 6.33 Å². The van der Waals surface area contributed by atoms with Crippen molar-refractivity contribution in [1.29, 1.82) is 0 Å². The third kappa shape index (κ3) is 2.62. The van der Waals surface area contributed by atoms with Gasteiger partial charge in [0.1, 0.15) is 11.3 Å². The summed E-state index contributed by atoms with van der Waals surface area (Å²) in [6, 6.07) is 1.80. The van der Waals surface area contributed by atoms with E-state index in [9.17, 15) is 4.79 Å². The number of ether oxygens (including phenoxy) is 1. The largest absolute Gasteiger partial charge is 0.362 e. The molecular weight excluding hydrogens is 308 g/mol. The molecule has 8 heteroatoms. The van der Waals surface area contributed by atoms with E-state index in [-0.39, 0.29) is 11.5 Å². The van der Waals surface area contributed by atoms with Gasteiger partial charge in [-0.3, -0.25) is 4.79 Å². The van der Waals surface area contributed by atoms with E-state index in [0.29, 0.717) is 37.8 Å². The number of hydrogen-bond donors (Lipinski definition) is 1. The number of hydrogen-bond acceptors (Lipinski definition) is 6. The summed E-state index contributed by atoms with van der Waals surface area (Å²) in [6.45, 7) is 6.48. The Morgan fingerprint density at radius 2 is 1.96 bits per heavy atom. The number of carbonyl (C=O) groups excluding carboxylic acids is 1. The molecule has 0 aliphatic carbocycles. The van der Waals surface area contributed by atoms with Crippen LogP contribution in [0.25, 0.3) is 0 Å². The van der Waals surface area contributed by atoms with Crippen LogP contribution >= 0.6 is 0 Å². The minimum atomic E-state index is -0.405. The highest BCUT2D eigenvalue weighted by Gasteiger charge is 2.53. The van der Waals surface area contributed by atoms with Crippen LogP contribution in [0, 0.1) is 0 Å². The zero-order valence-electron chi connectivity index (χ0n) is 13.8. The first-order valence-electron chi connectivity index (χ1n) is 7.96. The van der Waals surface area contributed by atoms with Gasteiger partial charge >= 0.3 is 0 Å². The summed E-state index contributed by atoms with van der Waals surface area (Å²) in [5.41, 5.74) is -0.279. The van der Waals surface area contributed by atoms with Gasteiger partial charge in [-0.25, -0.2) is 15.0 Å². The van der Waals surface area contributed by atoms with Crippen LogP contribution in [0.2, 0.25) is 0 Å². The Kier molecular flexibility index (Phi) is 3.31. The highest BCUT2D eigenvalue weighted by Crippen LogP contribution is 2.37. The molecule has 1 N–H and O–H groups in total. The van der Waals surface area contributed by atoms with Gasteiger partial charge in [-0.15, -0.1) is 0 Å². The fourth-order valence-corrected chi connectivity index (χ4v) is 3.61. The van der Waals surface area contributed by atoms with Crippen molar-refractivity contribution in [1.82, 2.24) is 24.8 Å². The Bertz CT molecular complexity index is 724. The minimum absolute atomic E-state index is 0.0438. The molecule has 0 unspecified atom stereocenters. The number of carbonyl (C=O) groups is 1. The molecule has 1 amide bonds. The number of morpholine rings is 1. The average Bonchev–Trinajstić information content (AvgIpc) is 3.05. The molecule has 2 aromatic heterocycles. The number of amides is 1. The predicted molar refractivity (Wildman–Crippen MR) is 86.6 cm³/mol. The number of imidazole rings is 1. The van der Waals surface area contributed by atoms with Crippen LogP contribution in [-0.2, 0) is 4.74 Å². The van der Waals surface area contributed by atoms with Crippen LogP contribution in [0.3, 0.4) is 0 Å². The summed E-state index contributed by atoms with van der Waals surface area (Å²) in [4.78, 5) is 32.0. The average molecular weight is 328 g/mol. The lowest BCUT2D eigenvalue weighted by molar-refractivity contribution is -0.198. The standard InChI is InChI=1S/C16H20N6O2/c1-15(2)7-21(13(23)12-6-17-11-20-12)8-16(24-15)9-22(10-16)14-18-4-3-5-19-14/h3-6,11H,7-10H2,1-2H3,(H,17,20). The maximum Gasteiger partial charge on any atom is 0.272 e. The molecule has 8 nitrogen and oxygen atoms in total. The third-order valence-corrected chi connectivity index (χ3v) is 4.35. The Labute approximate surface area is 139 Å². The first-order chi connectivity index (χ1) is 11.5. The second-order valence-corrected chi connectivity index (χ2v) is 7.08. The van der Waals surface area contributed by atoms with Crippen molar-refractivity contribution in [2.75, 3.05) is 31.1 Å². The summed E-state index contributed by atoms with van der Waals surface area (Å²) in [5.74, 6) is 0.652. The quantitative estimate of drug-likeness (QED) is 0.874. The number of nitrogens with one attached hydrogen (secondary N) is 1. The first kappa shape index (κ1) is 15.1. The van der Waals surface area contributed by atoms with E-state index < -0.39 is 5.60 Å². The molecule has 2 aliphatic rings. The molecule has 2 saturated heterocycles. The maximum atomic E-state index is 12.7. The molecule has 1 spiro atoms. The van der Waals surface area contributed by atoms with Crippen LogP contribution in [0.5, 0.6) is 0 Å². The van der Waals surface area contributed by atoms with E-state index in [1.807, 2.05) is 18.7 Å². The summed E-state index contributed by atoms with van der Waals surface area (Å²) in [5, 5.41) is 0. The summed E-state index contributed by atoms with van der Waals surface area (Å²) >= 11 is 0. The van der Waals surface area contributed by atoms with E-state index in [1.54, 1.807) is 24.7 Å². The molecule has 0 bridgehead atoms. The van der Waals surface area contributed by atoms with Crippen LogP contribution in [-0.4, -0.2) is 68.1 Å². The number of H-pyrrole nitrogens is 1. The SMILES string of the molecule is CC1(C)CN(C(=O)c2cnc[nH]2)CC2(CN(c3ncccn3)C2)O1. The Balaban J connectivity index is 1.51. The van der Waals surface area contributed by atoms with Crippen molar-refractivity contribution < 1.29 is 9.53 Å². The van der Waals surface area contributed by atoms with E-state index in [2.05, 4.69) is 24.8 Å². The molecule has 0 saturated carbocycles. The van der Waals surface area contributed by atoms with Gasteiger partial charge in [0.05, 0.1) is 37.8 Å². The van der Waals surface area contributed by atoms with Crippen LogP contribution in [0.1, 0.15) is 24.3 Å². The molecule has 4 heterocycles. The lowest BCUT2D eigenvalue weighted by Crippen LogP contribution is -2.74. The van der Waals surface area contributed by atoms with Gasteiger partial charge in [0, 0.05) is 18.9 Å². The normalized spacial score (nSPS) is 21.6. The Morgan fingerprint density at radius 1 is 1.21 bits per heavy atom. The molecule has 4 rings (SSSR count). The fourth-order valence-electron chi connectivity index (χ4n) is 3.61. The molecule has 2 aromatic rings. The van der Waals surface area contributed by atoms with E-state index in [4.69, 9.17) is 4.74 Å². The fraction of sp³-hybridized carbons (Fsp3) is 0.500. The van der Waals surface area contributed by atoms with Crippen molar-refractivity contribution in [3.63, 3.8) is 0 Å². The smallest absolute Gasteiger partial charge is 0.272 e. The molecule has 2 fully saturated rings. The van der Waals surface area contributed by atoms with Crippen molar-refractivity contribution in [2.24, 2.45) is 0 Å². The zero-order chi connectivity index (χ0) is 16.8. The highest BCUT2D eigenvalue weighted by atomic mass is 16.5. The third-order valence-electron chi connectivity index (χ3n) is 4.35. The van der Waals surface area contributed by atoms with Crippen molar-refractivity contribution in [3.8, 4) is 0 Å². The summed E-state index contributed by atoms with van der Waals surface area (Å²) < 4.78 is 6.33. The number of aromatic amines is 1. The molecule has 24 heavy (non-hydrogen) atoms. The predicted octanol–water partition coefficient (Wildman–Crippen LogP) is 0.710. The van der Waals surface area contributed by atoms with Crippen LogP contribution < -0.4 is 4.90 Å². The van der Waals surface area contributed by atoms with Crippen molar-refractivity contribution in [3.05, 3.63) is 36.7 Å². The van der Waals surface area contributed by atoms with Gasteiger partial charge in [-0.05, 0) is 19.9 Å². The maximum absolute atomic E-state index is 12.7.